The van der Waals surface area contributed by atoms with Crippen LogP contribution in [0.3, 0.4) is 0 Å². The number of aromatic nitrogens is 4. The predicted octanol–water partition coefficient (Wildman–Crippen LogP) is 1.90. The number of aromatic amines is 1. The molecule has 0 radical (unpaired) electrons. The van der Waals surface area contributed by atoms with Gasteiger partial charge in [0.15, 0.2) is 0 Å². The van der Waals surface area contributed by atoms with Gasteiger partial charge in [-0.15, -0.1) is 0 Å². The third kappa shape index (κ3) is 3.81. The van der Waals surface area contributed by atoms with Gasteiger partial charge >= 0.3 is 0 Å². The van der Waals surface area contributed by atoms with Crippen LogP contribution in [0.2, 0.25) is 0 Å². The van der Waals surface area contributed by atoms with Crippen LogP contribution in [0, 0.1) is 5.92 Å². The van der Waals surface area contributed by atoms with Gasteiger partial charge < -0.3 is 10.3 Å². The summed E-state index contributed by atoms with van der Waals surface area (Å²) in [4.78, 5) is 32.2. The lowest BCUT2D eigenvalue weighted by Crippen LogP contribution is -2.35. The number of carbonyl (C=O) groups excluding carboxylic acids is 1. The molecule has 0 aromatic carbocycles. The van der Waals surface area contributed by atoms with E-state index < -0.39 is 0 Å². The van der Waals surface area contributed by atoms with E-state index >= 15 is 0 Å². The van der Waals surface area contributed by atoms with Crippen molar-refractivity contribution in [3.63, 3.8) is 0 Å². The number of pyridine rings is 1. The molecule has 3 rings (SSSR count). The molecule has 7 nitrogen and oxygen atoms in total. The molecule has 0 bridgehead atoms. The van der Waals surface area contributed by atoms with Crippen LogP contribution in [-0.2, 0) is 19.9 Å². The number of rotatable bonds is 5. The molecule has 2 aromatic heterocycles. The molecule has 7 heteroatoms. The highest BCUT2D eigenvalue weighted by Crippen LogP contribution is 2.21. The van der Waals surface area contributed by atoms with Crippen molar-refractivity contribution in [3.8, 4) is 0 Å². The zero-order valence-corrected chi connectivity index (χ0v) is 15.0. The summed E-state index contributed by atoms with van der Waals surface area (Å²) >= 11 is 0. The van der Waals surface area contributed by atoms with E-state index in [0.717, 1.165) is 43.4 Å². The first-order valence-electron chi connectivity index (χ1n) is 8.85. The van der Waals surface area contributed by atoms with Crippen molar-refractivity contribution in [1.29, 1.82) is 0 Å². The molecule has 0 saturated heterocycles. The highest BCUT2D eigenvalue weighted by Gasteiger charge is 2.23. The fraction of sp³-hybridized carbons (Fsp3) is 0.556. The minimum atomic E-state index is -0.358. The Labute approximate surface area is 146 Å². The maximum atomic E-state index is 12.8. The second-order valence-electron chi connectivity index (χ2n) is 7.12. The lowest BCUT2D eigenvalue weighted by molar-refractivity contribution is 0.0927. The van der Waals surface area contributed by atoms with Crippen molar-refractivity contribution in [2.75, 3.05) is 0 Å². The number of carbonyl (C=O) groups is 1. The summed E-state index contributed by atoms with van der Waals surface area (Å²) in [6, 6.07) is 1.47. The Kier molecular flexibility index (Phi) is 5.01. The van der Waals surface area contributed by atoms with E-state index in [9.17, 15) is 9.59 Å². The van der Waals surface area contributed by atoms with Gasteiger partial charge in [0.2, 0.25) is 0 Å². The summed E-state index contributed by atoms with van der Waals surface area (Å²) in [6.45, 7) is 4.17. The summed E-state index contributed by atoms with van der Waals surface area (Å²) in [5, 5.41) is 7.06. The smallest absolute Gasteiger partial charge is 0.261 e. The number of hydrogen-bond acceptors (Lipinski definition) is 4. The minimum Gasteiger partial charge on any atom is -0.342 e. The van der Waals surface area contributed by atoms with Gasteiger partial charge in [-0.3, -0.25) is 14.3 Å². The van der Waals surface area contributed by atoms with Crippen LogP contribution in [0.5, 0.6) is 0 Å². The van der Waals surface area contributed by atoms with Gasteiger partial charge in [-0.05, 0) is 49.7 Å². The molecular formula is C18H25N5O2. The topological polar surface area (TPSA) is 92.7 Å². The van der Waals surface area contributed by atoms with Crippen LogP contribution in [0.1, 0.15) is 66.6 Å². The van der Waals surface area contributed by atoms with Gasteiger partial charge in [0.05, 0.1) is 6.04 Å². The molecule has 134 valence electrons. The van der Waals surface area contributed by atoms with Crippen LogP contribution in [0.4, 0.5) is 0 Å². The third-order valence-electron chi connectivity index (χ3n) is 4.65. The molecule has 2 heterocycles. The normalized spacial score (nSPS) is 15.0. The third-order valence-corrected chi connectivity index (χ3v) is 4.65. The van der Waals surface area contributed by atoms with E-state index in [1.54, 1.807) is 17.8 Å². The molecule has 0 aliphatic heterocycles. The number of aryl methyl sites for hydroxylation is 3. The molecule has 0 fully saturated rings. The lowest BCUT2D eigenvalue weighted by atomic mass is 9.95. The Morgan fingerprint density at radius 2 is 2.12 bits per heavy atom. The molecule has 1 aliphatic carbocycles. The SMILES string of the molecule is CC(C)C[C@@H](NC(=O)c1cc2c([nH]c1=O)CCCC2)c1ncnn1C. The highest BCUT2D eigenvalue weighted by molar-refractivity contribution is 5.94. The van der Waals surface area contributed by atoms with Crippen molar-refractivity contribution >= 4 is 5.91 Å². The van der Waals surface area contributed by atoms with Crippen molar-refractivity contribution in [2.24, 2.45) is 13.0 Å². The molecule has 1 atom stereocenters. The zero-order valence-electron chi connectivity index (χ0n) is 15.0. The molecule has 1 aliphatic rings. The maximum Gasteiger partial charge on any atom is 0.261 e. The molecular weight excluding hydrogens is 318 g/mol. The quantitative estimate of drug-likeness (QED) is 0.867. The van der Waals surface area contributed by atoms with Gasteiger partial charge in [-0.2, -0.15) is 5.10 Å². The maximum absolute atomic E-state index is 12.8. The lowest BCUT2D eigenvalue weighted by Gasteiger charge is -2.20. The number of amides is 1. The van der Waals surface area contributed by atoms with Crippen molar-refractivity contribution in [2.45, 2.75) is 52.0 Å². The second-order valence-corrected chi connectivity index (χ2v) is 7.12. The van der Waals surface area contributed by atoms with Crippen molar-refractivity contribution in [1.82, 2.24) is 25.1 Å². The molecule has 2 N–H and O–H groups in total. The minimum absolute atomic E-state index is 0.177. The fourth-order valence-corrected chi connectivity index (χ4v) is 3.40. The monoisotopic (exact) mass is 343 g/mol. The first-order chi connectivity index (χ1) is 12.0. The van der Waals surface area contributed by atoms with Gasteiger partial charge in [0.25, 0.3) is 11.5 Å². The first kappa shape index (κ1) is 17.4. The Balaban J connectivity index is 1.86. The molecule has 2 aromatic rings. The van der Waals surface area contributed by atoms with Gasteiger partial charge in [-0.1, -0.05) is 13.8 Å². The summed E-state index contributed by atoms with van der Waals surface area (Å²) in [5.74, 6) is 0.698. The number of nitrogens with zero attached hydrogens (tertiary/aromatic N) is 3. The fourth-order valence-electron chi connectivity index (χ4n) is 3.40. The van der Waals surface area contributed by atoms with E-state index in [1.807, 2.05) is 0 Å². The van der Waals surface area contributed by atoms with Gasteiger partial charge in [0.1, 0.15) is 17.7 Å². The average Bonchev–Trinajstić information content (AvgIpc) is 2.99. The van der Waals surface area contributed by atoms with Crippen LogP contribution in [0.15, 0.2) is 17.2 Å². The Morgan fingerprint density at radius 3 is 2.80 bits per heavy atom. The number of nitrogens with one attached hydrogen (secondary N) is 2. The van der Waals surface area contributed by atoms with E-state index in [4.69, 9.17) is 0 Å². The van der Waals surface area contributed by atoms with Gasteiger partial charge in [0, 0.05) is 12.7 Å². The van der Waals surface area contributed by atoms with E-state index in [0.29, 0.717) is 11.7 Å². The second kappa shape index (κ2) is 7.21. The molecule has 25 heavy (non-hydrogen) atoms. The average molecular weight is 343 g/mol. The Morgan fingerprint density at radius 1 is 1.36 bits per heavy atom. The summed E-state index contributed by atoms with van der Waals surface area (Å²) < 4.78 is 1.66. The Hall–Kier alpha value is -2.44. The van der Waals surface area contributed by atoms with E-state index in [1.165, 1.54) is 6.33 Å². The largest absolute Gasteiger partial charge is 0.342 e. The molecule has 0 unspecified atom stereocenters. The summed E-state index contributed by atoms with van der Waals surface area (Å²) in [7, 11) is 1.80. The van der Waals surface area contributed by atoms with Crippen molar-refractivity contribution in [3.05, 3.63) is 45.4 Å². The molecule has 1 amide bonds. The highest BCUT2D eigenvalue weighted by atomic mass is 16.2. The van der Waals surface area contributed by atoms with Crippen molar-refractivity contribution < 1.29 is 4.79 Å². The number of fused-ring (bicyclic) bond motifs is 1. The molecule has 0 spiro atoms. The predicted molar refractivity (Wildman–Crippen MR) is 94.4 cm³/mol. The standard InChI is InChI=1S/C18H25N5O2/c1-11(2)8-15(16-19-10-20-23(16)3)22-18(25)13-9-12-6-4-5-7-14(12)21-17(13)24/h9-11,15H,4-8H2,1-3H3,(H,21,24)(H,22,25)/t15-/m1/s1. The number of H-pyrrole nitrogens is 1. The van der Waals surface area contributed by atoms with Crippen LogP contribution >= 0.6 is 0 Å². The Bertz CT molecular complexity index is 821. The summed E-state index contributed by atoms with van der Waals surface area (Å²) in [5.41, 5.74) is 1.91. The first-order valence-corrected chi connectivity index (χ1v) is 8.85. The van der Waals surface area contributed by atoms with Crippen LogP contribution in [-0.4, -0.2) is 25.7 Å². The summed E-state index contributed by atoms with van der Waals surface area (Å²) in [6.07, 6.45) is 6.15. The van der Waals surface area contributed by atoms with Crippen LogP contribution < -0.4 is 10.9 Å². The van der Waals surface area contributed by atoms with Crippen LogP contribution in [0.25, 0.3) is 0 Å². The zero-order chi connectivity index (χ0) is 18.0. The van der Waals surface area contributed by atoms with E-state index in [2.05, 4.69) is 34.2 Å². The van der Waals surface area contributed by atoms with E-state index in [-0.39, 0.29) is 23.1 Å². The number of hydrogen-bond donors (Lipinski definition) is 2. The van der Waals surface area contributed by atoms with Gasteiger partial charge in [-0.25, -0.2) is 4.98 Å². The molecule has 0 saturated carbocycles.